The van der Waals surface area contributed by atoms with Crippen LogP contribution in [0.1, 0.15) is 26.7 Å². The molecule has 0 amide bonds. The van der Waals surface area contributed by atoms with E-state index in [-0.39, 0.29) is 5.54 Å². The minimum Gasteiger partial charge on any atom is -0.211 e. The minimum atomic E-state index is -0.179. The number of carbonyl (C=O) groups excluding carboxylic acids is 2. The molecule has 0 radical (unpaired) electrons. The molecule has 1 heterocycles. The highest BCUT2D eigenvalue weighted by atomic mass is 16.1. The van der Waals surface area contributed by atoms with E-state index in [2.05, 4.69) is 11.9 Å². The lowest BCUT2D eigenvalue weighted by Crippen LogP contribution is -2.34. The van der Waals surface area contributed by atoms with Crippen LogP contribution in [0.5, 0.6) is 0 Å². The normalized spacial score (nSPS) is 31.0. The highest BCUT2D eigenvalue weighted by Crippen LogP contribution is 2.31. The summed E-state index contributed by atoms with van der Waals surface area (Å²) in [6.45, 7) is 5.32. The van der Waals surface area contributed by atoms with Crippen LogP contribution >= 0.6 is 0 Å². The van der Waals surface area contributed by atoms with Crippen LogP contribution in [-0.4, -0.2) is 35.4 Å². The summed E-state index contributed by atoms with van der Waals surface area (Å²) in [5, 5.41) is 0. The summed E-state index contributed by atoms with van der Waals surface area (Å²) in [6.07, 6.45) is 5.13. The summed E-state index contributed by atoms with van der Waals surface area (Å²) in [6, 6.07) is 0. The van der Waals surface area contributed by atoms with Crippen molar-refractivity contribution in [2.75, 3.05) is 13.1 Å². The van der Waals surface area contributed by atoms with Gasteiger partial charge in [0.25, 0.3) is 0 Å². The molecule has 0 saturated carbocycles. The largest absolute Gasteiger partial charge is 0.424 e. The first-order valence-electron chi connectivity index (χ1n) is 4.81. The first-order chi connectivity index (χ1) is 6.62. The third-order valence-electron chi connectivity index (χ3n) is 2.87. The molecule has 1 saturated heterocycles. The molecule has 0 N–H and O–H groups in total. The van der Waals surface area contributed by atoms with Gasteiger partial charge in [0.05, 0.1) is 6.54 Å². The van der Waals surface area contributed by atoms with Gasteiger partial charge in [-0.1, -0.05) is 6.92 Å². The van der Waals surface area contributed by atoms with Crippen LogP contribution in [0.4, 0.5) is 0 Å². The summed E-state index contributed by atoms with van der Waals surface area (Å²) in [4.78, 5) is 24.1. The van der Waals surface area contributed by atoms with Crippen molar-refractivity contribution in [2.45, 2.75) is 32.2 Å². The molecule has 4 heteroatoms. The molecule has 4 nitrogen and oxygen atoms in total. The van der Waals surface area contributed by atoms with E-state index in [0.717, 1.165) is 13.0 Å². The Morgan fingerprint density at radius 2 is 2.29 bits per heavy atom. The van der Waals surface area contributed by atoms with E-state index in [1.165, 1.54) is 6.08 Å². The van der Waals surface area contributed by atoms with Gasteiger partial charge in [-0.25, -0.2) is 9.79 Å². The fourth-order valence-corrected chi connectivity index (χ4v) is 2.18. The van der Waals surface area contributed by atoms with Gasteiger partial charge in [-0.05, 0) is 0 Å². The van der Waals surface area contributed by atoms with Gasteiger partial charge < -0.3 is 0 Å². The molecule has 0 aromatic heterocycles. The minimum absolute atomic E-state index is 0.179. The van der Waals surface area contributed by atoms with Crippen molar-refractivity contribution < 1.29 is 14.2 Å². The van der Waals surface area contributed by atoms with E-state index in [9.17, 15) is 9.59 Å². The fourth-order valence-electron chi connectivity index (χ4n) is 2.18. The van der Waals surface area contributed by atoms with Crippen molar-refractivity contribution >= 4 is 12.2 Å². The summed E-state index contributed by atoms with van der Waals surface area (Å²) < 4.78 is 1.69. The van der Waals surface area contributed by atoms with Crippen LogP contribution in [0.15, 0.2) is 4.99 Å². The molecule has 1 rings (SSSR count). The zero-order chi connectivity index (χ0) is 10.6. The zero-order valence-corrected chi connectivity index (χ0v) is 8.62. The van der Waals surface area contributed by atoms with Crippen LogP contribution in [0, 0.1) is 5.92 Å². The average Bonchev–Trinajstić information content (AvgIpc) is 2.42. The fraction of sp³-hybridized carbons (Fsp3) is 0.800. The number of hydrogen-bond acceptors (Lipinski definition) is 3. The Morgan fingerprint density at radius 1 is 1.57 bits per heavy atom. The lowest BCUT2D eigenvalue weighted by atomic mass is 9.92. The molecule has 0 aromatic rings. The maximum absolute atomic E-state index is 10.7. The molecule has 2 atom stereocenters. The molecule has 0 bridgehead atoms. The monoisotopic (exact) mass is 195 g/mol. The second-order valence-electron chi connectivity index (χ2n) is 4.23. The van der Waals surface area contributed by atoms with Crippen molar-refractivity contribution in [3.05, 3.63) is 0 Å². The first kappa shape index (κ1) is 10.8. The Balaban J connectivity index is 2.71. The second kappa shape index (κ2) is 4.32. The summed E-state index contributed by atoms with van der Waals surface area (Å²) in [7, 11) is 0. The Kier molecular flexibility index (Phi) is 3.34. The van der Waals surface area contributed by atoms with Crippen molar-refractivity contribution in [3.63, 3.8) is 0 Å². The molecule has 1 aliphatic heterocycles. The van der Waals surface area contributed by atoms with Gasteiger partial charge in [0.1, 0.15) is 0 Å². The van der Waals surface area contributed by atoms with Crippen LogP contribution in [-0.2, 0) is 9.59 Å². The van der Waals surface area contributed by atoms with Gasteiger partial charge in [0.2, 0.25) is 6.08 Å². The van der Waals surface area contributed by atoms with Crippen molar-refractivity contribution in [1.29, 1.82) is 0 Å². The molecular formula is C10H15N2O2+. The van der Waals surface area contributed by atoms with Crippen LogP contribution < -0.4 is 0 Å². The molecule has 0 aliphatic carbocycles. The van der Waals surface area contributed by atoms with Gasteiger partial charge >= 0.3 is 6.08 Å². The molecule has 76 valence electrons. The van der Waals surface area contributed by atoms with Gasteiger partial charge in [-0.15, -0.1) is 4.58 Å². The summed E-state index contributed by atoms with van der Waals surface area (Å²) in [5.41, 5.74) is -0.179. The highest BCUT2D eigenvalue weighted by molar-refractivity contribution is 5.32. The van der Waals surface area contributed by atoms with Crippen LogP contribution in [0.25, 0.3) is 0 Å². The summed E-state index contributed by atoms with van der Waals surface area (Å²) >= 11 is 0. The van der Waals surface area contributed by atoms with E-state index in [0.29, 0.717) is 18.9 Å². The predicted molar refractivity (Wildman–Crippen MR) is 50.6 cm³/mol. The van der Waals surface area contributed by atoms with E-state index in [1.807, 2.05) is 13.0 Å². The zero-order valence-electron chi connectivity index (χ0n) is 8.62. The maximum Gasteiger partial charge on any atom is 0.424 e. The lowest BCUT2D eigenvalue weighted by Gasteiger charge is -2.15. The van der Waals surface area contributed by atoms with E-state index in [4.69, 9.17) is 0 Å². The Morgan fingerprint density at radius 3 is 2.86 bits per heavy atom. The SMILES string of the molecule is CC1C[N+](=C=O)C(C)(CCN=C=O)C1. The lowest BCUT2D eigenvalue weighted by molar-refractivity contribution is -0.582. The number of rotatable bonds is 3. The average molecular weight is 195 g/mol. The van der Waals surface area contributed by atoms with Gasteiger partial charge in [-0.3, -0.25) is 0 Å². The summed E-state index contributed by atoms with van der Waals surface area (Å²) in [5.74, 6) is 0.502. The third kappa shape index (κ3) is 2.16. The van der Waals surface area contributed by atoms with Gasteiger partial charge in [0.15, 0.2) is 12.1 Å². The number of hydrogen-bond donors (Lipinski definition) is 0. The second-order valence-corrected chi connectivity index (χ2v) is 4.23. The molecule has 2 unspecified atom stereocenters. The topological polar surface area (TPSA) is 49.5 Å². The molecule has 14 heavy (non-hydrogen) atoms. The van der Waals surface area contributed by atoms with Gasteiger partial charge in [0, 0.05) is 25.7 Å². The number of nitrogens with zero attached hydrogens (tertiary/aromatic N) is 2. The maximum atomic E-state index is 10.7. The number of aliphatic imine (C=N–C) groups is 1. The first-order valence-corrected chi connectivity index (χ1v) is 4.81. The molecular weight excluding hydrogens is 180 g/mol. The molecule has 1 aliphatic rings. The van der Waals surface area contributed by atoms with Gasteiger partial charge in [-0.2, -0.15) is 4.79 Å². The Hall–Kier alpha value is -1.24. The molecule has 0 aromatic carbocycles. The predicted octanol–water partition coefficient (Wildman–Crippen LogP) is 0.859. The highest BCUT2D eigenvalue weighted by Gasteiger charge is 2.45. The van der Waals surface area contributed by atoms with Crippen molar-refractivity contribution in [3.8, 4) is 0 Å². The Bertz CT molecular complexity index is 314. The van der Waals surface area contributed by atoms with Crippen LogP contribution in [0.2, 0.25) is 0 Å². The smallest absolute Gasteiger partial charge is 0.211 e. The third-order valence-corrected chi connectivity index (χ3v) is 2.87. The quantitative estimate of drug-likeness (QED) is 0.381. The number of isocyanates is 2. The van der Waals surface area contributed by atoms with Crippen LogP contribution in [0.3, 0.4) is 0 Å². The van der Waals surface area contributed by atoms with E-state index in [1.54, 1.807) is 4.58 Å². The van der Waals surface area contributed by atoms with E-state index < -0.39 is 0 Å². The van der Waals surface area contributed by atoms with Crippen molar-refractivity contribution in [2.24, 2.45) is 10.9 Å². The standard InChI is InChI=1S/C10H15N2O2/c1-9-5-10(2,3-4-11-7-13)12(6-9)8-14/h9H,3-6H2,1-2H3/q+1. The van der Waals surface area contributed by atoms with Crippen molar-refractivity contribution in [1.82, 2.24) is 0 Å². The molecule has 0 spiro atoms. The van der Waals surface area contributed by atoms with E-state index >= 15 is 0 Å². The Labute approximate surface area is 83.3 Å². The molecule has 1 fully saturated rings.